The number of hydrogen-bond donors (Lipinski definition) is 1. The zero-order valence-electron chi connectivity index (χ0n) is 12.6. The Labute approximate surface area is 125 Å². The van der Waals surface area contributed by atoms with Gasteiger partial charge in [-0.3, -0.25) is 4.90 Å². The summed E-state index contributed by atoms with van der Waals surface area (Å²) in [5.74, 6) is 0. The van der Waals surface area contributed by atoms with Crippen LogP contribution in [0.3, 0.4) is 0 Å². The van der Waals surface area contributed by atoms with Crippen molar-refractivity contribution in [3.8, 4) is 0 Å². The molecule has 0 unspecified atom stereocenters. The standard InChI is InChI=1S/C14H26N4OS/c1-3-17-5-7-18(8-6-17)12-14-16-11-13(20-14)10-15-4-9-19-2/h11,15H,3-10,12H2,1-2H3. The first-order chi connectivity index (χ1) is 9.81. The Morgan fingerprint density at radius 2 is 2.05 bits per heavy atom. The Kier molecular flexibility index (Phi) is 6.89. The van der Waals surface area contributed by atoms with E-state index in [1.165, 1.54) is 29.5 Å². The molecule has 0 aliphatic carbocycles. The average Bonchev–Trinajstić information content (AvgIpc) is 2.92. The van der Waals surface area contributed by atoms with E-state index in [1.807, 2.05) is 17.5 Å². The minimum atomic E-state index is 0.757. The van der Waals surface area contributed by atoms with E-state index in [4.69, 9.17) is 4.74 Å². The number of aromatic nitrogens is 1. The lowest BCUT2D eigenvalue weighted by atomic mass is 10.3. The second-order valence-corrected chi connectivity index (χ2v) is 6.30. The van der Waals surface area contributed by atoms with Crippen molar-refractivity contribution in [2.45, 2.75) is 20.0 Å². The van der Waals surface area contributed by atoms with Gasteiger partial charge in [0.1, 0.15) is 5.01 Å². The summed E-state index contributed by atoms with van der Waals surface area (Å²) >= 11 is 1.82. The molecule has 1 fully saturated rings. The SMILES string of the molecule is CCN1CCN(Cc2ncc(CNCCOC)s2)CC1. The second-order valence-electron chi connectivity index (χ2n) is 5.10. The van der Waals surface area contributed by atoms with E-state index >= 15 is 0 Å². The van der Waals surface area contributed by atoms with Crippen molar-refractivity contribution < 1.29 is 4.74 Å². The lowest BCUT2D eigenvalue weighted by Gasteiger charge is -2.33. The second kappa shape index (κ2) is 8.69. The Morgan fingerprint density at radius 1 is 1.30 bits per heavy atom. The molecule has 0 bridgehead atoms. The molecule has 0 amide bonds. The van der Waals surface area contributed by atoms with Crippen LogP contribution in [0.25, 0.3) is 0 Å². The van der Waals surface area contributed by atoms with E-state index in [1.54, 1.807) is 7.11 Å². The molecule has 1 aromatic heterocycles. The molecular weight excluding hydrogens is 272 g/mol. The van der Waals surface area contributed by atoms with Crippen LogP contribution in [0.5, 0.6) is 0 Å². The van der Waals surface area contributed by atoms with Crippen molar-refractivity contribution in [1.82, 2.24) is 20.1 Å². The summed E-state index contributed by atoms with van der Waals surface area (Å²) in [6.07, 6.45) is 2.00. The molecule has 20 heavy (non-hydrogen) atoms. The van der Waals surface area contributed by atoms with Gasteiger partial charge in [0, 0.05) is 57.5 Å². The number of thiazole rings is 1. The predicted octanol–water partition coefficient (Wildman–Crippen LogP) is 1.02. The van der Waals surface area contributed by atoms with E-state index in [0.29, 0.717) is 0 Å². The van der Waals surface area contributed by atoms with Gasteiger partial charge in [-0.25, -0.2) is 4.98 Å². The number of ether oxygens (including phenoxy) is 1. The molecule has 5 nitrogen and oxygen atoms in total. The molecule has 0 radical (unpaired) electrons. The highest BCUT2D eigenvalue weighted by molar-refractivity contribution is 7.11. The zero-order chi connectivity index (χ0) is 14.2. The third-order valence-electron chi connectivity index (χ3n) is 3.65. The summed E-state index contributed by atoms with van der Waals surface area (Å²) in [5, 5.41) is 4.59. The lowest BCUT2D eigenvalue weighted by Crippen LogP contribution is -2.45. The molecule has 1 aromatic rings. The first-order valence-corrected chi connectivity index (χ1v) is 8.21. The molecule has 0 aromatic carbocycles. The van der Waals surface area contributed by atoms with Gasteiger partial charge in [-0.2, -0.15) is 0 Å². The van der Waals surface area contributed by atoms with Gasteiger partial charge in [0.15, 0.2) is 0 Å². The Morgan fingerprint density at radius 3 is 2.75 bits per heavy atom. The molecular formula is C14H26N4OS. The van der Waals surface area contributed by atoms with Gasteiger partial charge in [0.2, 0.25) is 0 Å². The molecule has 1 aliphatic heterocycles. The van der Waals surface area contributed by atoms with E-state index in [0.717, 1.165) is 39.3 Å². The molecule has 0 spiro atoms. The van der Waals surface area contributed by atoms with Gasteiger partial charge in [0.05, 0.1) is 13.2 Å². The van der Waals surface area contributed by atoms with Gasteiger partial charge < -0.3 is 15.0 Å². The highest BCUT2D eigenvalue weighted by atomic mass is 32.1. The molecule has 2 rings (SSSR count). The third-order valence-corrected chi connectivity index (χ3v) is 4.64. The van der Waals surface area contributed by atoms with Crippen LogP contribution in [0.1, 0.15) is 16.8 Å². The number of likely N-dealkylation sites (N-methyl/N-ethyl adjacent to an activating group) is 1. The van der Waals surface area contributed by atoms with Crippen molar-refractivity contribution in [1.29, 1.82) is 0 Å². The third kappa shape index (κ3) is 5.10. The van der Waals surface area contributed by atoms with Gasteiger partial charge in [0.25, 0.3) is 0 Å². The van der Waals surface area contributed by atoms with Crippen LogP contribution < -0.4 is 5.32 Å². The first kappa shape index (κ1) is 15.9. The fourth-order valence-corrected chi connectivity index (χ4v) is 3.28. The van der Waals surface area contributed by atoms with E-state index in [2.05, 4.69) is 27.0 Å². The van der Waals surface area contributed by atoms with Crippen molar-refractivity contribution >= 4 is 11.3 Å². The van der Waals surface area contributed by atoms with Gasteiger partial charge in [-0.05, 0) is 6.54 Å². The number of rotatable bonds is 8. The molecule has 0 atom stereocenters. The van der Waals surface area contributed by atoms with Crippen LogP contribution in [-0.2, 0) is 17.8 Å². The molecule has 2 heterocycles. The number of methoxy groups -OCH3 is 1. The largest absolute Gasteiger partial charge is 0.383 e. The van der Waals surface area contributed by atoms with Crippen LogP contribution in [0.2, 0.25) is 0 Å². The highest BCUT2D eigenvalue weighted by Crippen LogP contribution is 2.15. The summed E-state index contributed by atoms with van der Waals surface area (Å²) in [7, 11) is 1.73. The fraction of sp³-hybridized carbons (Fsp3) is 0.786. The molecule has 1 N–H and O–H groups in total. The quantitative estimate of drug-likeness (QED) is 0.726. The van der Waals surface area contributed by atoms with Crippen molar-refractivity contribution in [2.24, 2.45) is 0 Å². The Hall–Kier alpha value is -0.530. The van der Waals surface area contributed by atoms with Gasteiger partial charge >= 0.3 is 0 Å². The smallest absolute Gasteiger partial charge is 0.107 e. The first-order valence-electron chi connectivity index (χ1n) is 7.39. The summed E-state index contributed by atoms with van der Waals surface area (Å²) in [4.78, 5) is 10.9. The van der Waals surface area contributed by atoms with Crippen LogP contribution in [0.15, 0.2) is 6.20 Å². The fourth-order valence-electron chi connectivity index (χ4n) is 2.34. The Bertz CT molecular complexity index is 377. The summed E-state index contributed by atoms with van der Waals surface area (Å²) in [5.41, 5.74) is 0. The van der Waals surface area contributed by atoms with Crippen molar-refractivity contribution in [3.05, 3.63) is 16.1 Å². The number of piperazine rings is 1. The van der Waals surface area contributed by atoms with Crippen LogP contribution in [-0.4, -0.2) is 67.8 Å². The maximum atomic E-state index is 5.02. The average molecular weight is 298 g/mol. The normalized spacial score (nSPS) is 17.7. The van der Waals surface area contributed by atoms with Crippen LogP contribution in [0, 0.1) is 0 Å². The van der Waals surface area contributed by atoms with Gasteiger partial charge in [-0.15, -0.1) is 11.3 Å². The van der Waals surface area contributed by atoms with E-state index in [9.17, 15) is 0 Å². The van der Waals surface area contributed by atoms with Crippen molar-refractivity contribution in [2.75, 3.05) is 53.0 Å². The molecule has 114 valence electrons. The summed E-state index contributed by atoms with van der Waals surface area (Å²) in [6.45, 7) is 11.6. The summed E-state index contributed by atoms with van der Waals surface area (Å²) in [6, 6.07) is 0. The monoisotopic (exact) mass is 298 g/mol. The highest BCUT2D eigenvalue weighted by Gasteiger charge is 2.16. The molecule has 6 heteroatoms. The molecule has 1 saturated heterocycles. The van der Waals surface area contributed by atoms with Crippen LogP contribution >= 0.6 is 11.3 Å². The number of nitrogens with zero attached hydrogens (tertiary/aromatic N) is 3. The van der Waals surface area contributed by atoms with Gasteiger partial charge in [-0.1, -0.05) is 6.92 Å². The van der Waals surface area contributed by atoms with Crippen LogP contribution in [0.4, 0.5) is 0 Å². The zero-order valence-corrected chi connectivity index (χ0v) is 13.4. The van der Waals surface area contributed by atoms with Crippen molar-refractivity contribution in [3.63, 3.8) is 0 Å². The van der Waals surface area contributed by atoms with E-state index < -0.39 is 0 Å². The van der Waals surface area contributed by atoms with E-state index in [-0.39, 0.29) is 0 Å². The maximum absolute atomic E-state index is 5.02. The Balaban J connectivity index is 1.70. The summed E-state index contributed by atoms with van der Waals surface area (Å²) < 4.78 is 5.02. The molecule has 0 saturated carbocycles. The number of nitrogens with one attached hydrogen (secondary N) is 1. The molecule has 1 aliphatic rings. The minimum Gasteiger partial charge on any atom is -0.383 e. The maximum Gasteiger partial charge on any atom is 0.107 e. The number of hydrogen-bond acceptors (Lipinski definition) is 6. The minimum absolute atomic E-state index is 0.757. The lowest BCUT2D eigenvalue weighted by molar-refractivity contribution is 0.132. The predicted molar refractivity (Wildman–Crippen MR) is 83.1 cm³/mol. The topological polar surface area (TPSA) is 40.6 Å².